The van der Waals surface area contributed by atoms with E-state index in [1.165, 1.54) is 9.36 Å². The van der Waals surface area contributed by atoms with Crippen molar-refractivity contribution in [1.29, 1.82) is 0 Å². The van der Waals surface area contributed by atoms with Crippen LogP contribution in [0.1, 0.15) is 13.3 Å². The summed E-state index contributed by atoms with van der Waals surface area (Å²) >= 11 is 0. The van der Waals surface area contributed by atoms with E-state index in [1.54, 1.807) is 12.1 Å². The smallest absolute Gasteiger partial charge is 0.352 e. The Morgan fingerprint density at radius 3 is 2.32 bits per heavy atom. The second-order valence-corrected chi connectivity index (χ2v) is 4.21. The maximum Gasteiger partial charge on any atom is 0.352 e. The monoisotopic (exact) mass is 263 g/mol. The van der Waals surface area contributed by atoms with Crippen LogP contribution in [0.3, 0.4) is 0 Å². The normalized spacial score (nSPS) is 10.8. The molecule has 0 unspecified atom stereocenters. The van der Waals surface area contributed by atoms with Gasteiger partial charge in [0.2, 0.25) is 0 Å². The first-order valence-electron chi connectivity index (χ1n) is 6.29. The van der Waals surface area contributed by atoms with Crippen LogP contribution in [0, 0.1) is 0 Å². The van der Waals surface area contributed by atoms with E-state index in [0.29, 0.717) is 12.2 Å². The standard InChI is InChI=1S/C13H17N3O3/c1-2-8-15-12(18)14(9-10-17)13(19)16(15)11-6-4-3-5-7-11/h3-7,17H,2,8-10H2,1H3. The maximum absolute atomic E-state index is 12.3. The summed E-state index contributed by atoms with van der Waals surface area (Å²) in [6.07, 6.45) is 0.745. The molecule has 6 nitrogen and oxygen atoms in total. The first-order chi connectivity index (χ1) is 9.20. The van der Waals surface area contributed by atoms with Gasteiger partial charge in [-0.15, -0.1) is 0 Å². The fraction of sp³-hybridized carbons (Fsp3) is 0.385. The largest absolute Gasteiger partial charge is 0.395 e. The molecule has 0 aliphatic carbocycles. The minimum atomic E-state index is -0.418. The Hall–Kier alpha value is -2.08. The van der Waals surface area contributed by atoms with Crippen molar-refractivity contribution in [3.05, 3.63) is 51.3 Å². The molecule has 0 fully saturated rings. The molecule has 1 N–H and O–H groups in total. The molecule has 0 amide bonds. The molecule has 2 rings (SSSR count). The number of benzene rings is 1. The average molecular weight is 263 g/mol. The molecule has 1 aromatic carbocycles. The zero-order valence-corrected chi connectivity index (χ0v) is 10.8. The topological polar surface area (TPSA) is 69.2 Å². The Morgan fingerprint density at radius 2 is 1.74 bits per heavy atom. The molecular formula is C13H17N3O3. The Labute approximate surface area is 110 Å². The van der Waals surface area contributed by atoms with Gasteiger partial charge >= 0.3 is 11.4 Å². The molecule has 102 valence electrons. The van der Waals surface area contributed by atoms with Crippen molar-refractivity contribution >= 4 is 0 Å². The van der Waals surface area contributed by atoms with Gasteiger partial charge in [-0.05, 0) is 18.6 Å². The van der Waals surface area contributed by atoms with E-state index in [1.807, 2.05) is 25.1 Å². The highest BCUT2D eigenvalue weighted by Gasteiger charge is 2.15. The summed E-state index contributed by atoms with van der Waals surface area (Å²) in [6.45, 7) is 2.18. The molecule has 0 aliphatic heterocycles. The van der Waals surface area contributed by atoms with Crippen molar-refractivity contribution in [2.75, 3.05) is 6.61 Å². The van der Waals surface area contributed by atoms with Gasteiger partial charge in [0, 0.05) is 6.54 Å². The summed E-state index contributed by atoms with van der Waals surface area (Å²) in [5.74, 6) is 0. The third kappa shape index (κ3) is 2.39. The van der Waals surface area contributed by atoms with E-state index in [9.17, 15) is 9.59 Å². The third-order valence-electron chi connectivity index (χ3n) is 2.87. The van der Waals surface area contributed by atoms with E-state index in [4.69, 9.17) is 5.11 Å². The Morgan fingerprint density at radius 1 is 1.05 bits per heavy atom. The molecule has 1 heterocycles. The lowest BCUT2D eigenvalue weighted by Crippen LogP contribution is -2.30. The zero-order valence-electron chi connectivity index (χ0n) is 10.8. The third-order valence-corrected chi connectivity index (χ3v) is 2.87. The number of para-hydroxylation sites is 1. The van der Waals surface area contributed by atoms with E-state index in [2.05, 4.69) is 0 Å². The highest BCUT2D eigenvalue weighted by Crippen LogP contribution is 2.03. The number of hydrogen-bond donors (Lipinski definition) is 1. The van der Waals surface area contributed by atoms with Crippen molar-refractivity contribution in [2.24, 2.45) is 0 Å². The second kappa shape index (κ2) is 5.71. The number of aliphatic hydroxyl groups excluding tert-OH is 1. The van der Waals surface area contributed by atoms with Crippen LogP contribution >= 0.6 is 0 Å². The van der Waals surface area contributed by atoms with E-state index in [-0.39, 0.29) is 18.8 Å². The molecular weight excluding hydrogens is 246 g/mol. The fourth-order valence-corrected chi connectivity index (χ4v) is 2.04. The highest BCUT2D eigenvalue weighted by atomic mass is 16.3. The SMILES string of the molecule is CCCn1c(=O)n(CCO)c(=O)n1-c1ccccc1. The van der Waals surface area contributed by atoms with Gasteiger partial charge in [0.15, 0.2) is 0 Å². The van der Waals surface area contributed by atoms with Gasteiger partial charge < -0.3 is 5.11 Å². The molecule has 1 aromatic heterocycles. The molecule has 2 aromatic rings. The van der Waals surface area contributed by atoms with Gasteiger partial charge in [-0.1, -0.05) is 25.1 Å². The van der Waals surface area contributed by atoms with Gasteiger partial charge in [-0.3, -0.25) is 0 Å². The molecule has 6 heteroatoms. The first kappa shape index (κ1) is 13.4. The van der Waals surface area contributed by atoms with Gasteiger partial charge in [0.1, 0.15) is 0 Å². The van der Waals surface area contributed by atoms with Crippen LogP contribution in [-0.4, -0.2) is 25.6 Å². The van der Waals surface area contributed by atoms with Crippen molar-refractivity contribution in [2.45, 2.75) is 26.4 Å². The minimum Gasteiger partial charge on any atom is -0.395 e. The van der Waals surface area contributed by atoms with E-state index in [0.717, 1.165) is 11.0 Å². The van der Waals surface area contributed by atoms with Crippen LogP contribution in [-0.2, 0) is 13.1 Å². The highest BCUT2D eigenvalue weighted by molar-refractivity contribution is 5.29. The van der Waals surface area contributed by atoms with Gasteiger partial charge in [0.25, 0.3) is 0 Å². The summed E-state index contributed by atoms with van der Waals surface area (Å²) < 4.78 is 3.83. The zero-order chi connectivity index (χ0) is 13.8. The van der Waals surface area contributed by atoms with Crippen LogP contribution < -0.4 is 11.4 Å². The lowest BCUT2D eigenvalue weighted by molar-refractivity contribution is 0.272. The van der Waals surface area contributed by atoms with Crippen LogP contribution in [0.25, 0.3) is 5.69 Å². The minimum absolute atomic E-state index is 0.0151. The van der Waals surface area contributed by atoms with Crippen LogP contribution in [0.15, 0.2) is 39.9 Å². The number of aliphatic hydroxyl groups is 1. The number of rotatable bonds is 5. The summed E-state index contributed by atoms with van der Waals surface area (Å²) in [5, 5.41) is 8.95. The maximum atomic E-state index is 12.3. The van der Waals surface area contributed by atoms with Crippen molar-refractivity contribution in [3.8, 4) is 5.69 Å². The summed E-state index contributed by atoms with van der Waals surface area (Å²) in [5.41, 5.74) is -0.154. The number of hydrogen-bond acceptors (Lipinski definition) is 3. The molecule has 0 saturated heterocycles. The Kier molecular flexibility index (Phi) is 4.01. The van der Waals surface area contributed by atoms with Crippen LogP contribution in [0.5, 0.6) is 0 Å². The van der Waals surface area contributed by atoms with E-state index >= 15 is 0 Å². The summed E-state index contributed by atoms with van der Waals surface area (Å²) in [4.78, 5) is 24.4. The lowest BCUT2D eigenvalue weighted by atomic mass is 10.3. The predicted octanol–water partition coefficient (Wildman–Crippen LogP) is 0.203. The molecule has 0 radical (unpaired) electrons. The second-order valence-electron chi connectivity index (χ2n) is 4.21. The molecule has 0 atom stereocenters. The van der Waals surface area contributed by atoms with Crippen LogP contribution in [0.4, 0.5) is 0 Å². The van der Waals surface area contributed by atoms with Crippen molar-refractivity contribution in [3.63, 3.8) is 0 Å². The van der Waals surface area contributed by atoms with Crippen molar-refractivity contribution in [1.82, 2.24) is 13.9 Å². The molecule has 0 bridgehead atoms. The first-order valence-corrected chi connectivity index (χ1v) is 6.29. The predicted molar refractivity (Wildman–Crippen MR) is 71.7 cm³/mol. The summed E-state index contributed by atoms with van der Waals surface area (Å²) in [7, 11) is 0. The summed E-state index contributed by atoms with van der Waals surface area (Å²) in [6, 6.07) is 9.02. The van der Waals surface area contributed by atoms with Crippen LogP contribution in [0.2, 0.25) is 0 Å². The fourth-order valence-electron chi connectivity index (χ4n) is 2.04. The quantitative estimate of drug-likeness (QED) is 0.838. The molecule has 19 heavy (non-hydrogen) atoms. The van der Waals surface area contributed by atoms with E-state index < -0.39 is 5.69 Å². The number of aromatic nitrogens is 3. The van der Waals surface area contributed by atoms with Crippen molar-refractivity contribution < 1.29 is 5.11 Å². The molecule has 0 aliphatic rings. The Balaban J connectivity index is 2.68. The number of nitrogens with zero attached hydrogens (tertiary/aromatic N) is 3. The van der Waals surface area contributed by atoms with Gasteiger partial charge in [-0.2, -0.15) is 4.68 Å². The lowest BCUT2D eigenvalue weighted by Gasteiger charge is -2.07. The van der Waals surface area contributed by atoms with Gasteiger partial charge in [-0.25, -0.2) is 18.8 Å². The Bertz CT molecular complexity index is 652. The average Bonchev–Trinajstić information content (AvgIpc) is 2.65. The molecule has 0 saturated carbocycles. The molecule has 0 spiro atoms. The van der Waals surface area contributed by atoms with Gasteiger partial charge in [0.05, 0.1) is 18.8 Å².